The van der Waals surface area contributed by atoms with Gasteiger partial charge in [-0.05, 0) is 44.0 Å². The molecule has 1 amide bonds. The van der Waals surface area contributed by atoms with Gasteiger partial charge in [0.05, 0.1) is 0 Å². The number of nitrogens with one attached hydrogen (secondary N) is 1. The van der Waals surface area contributed by atoms with Crippen LogP contribution in [0.4, 0.5) is 4.39 Å². The first-order valence-corrected chi connectivity index (χ1v) is 8.54. The van der Waals surface area contributed by atoms with Gasteiger partial charge in [0.25, 0.3) is 5.91 Å². The molecule has 2 N–H and O–H groups in total. The quantitative estimate of drug-likeness (QED) is 0.707. The molecule has 1 saturated carbocycles. The number of hydrogen-bond acceptors (Lipinski definition) is 7. The van der Waals surface area contributed by atoms with Crippen molar-refractivity contribution >= 4 is 5.91 Å². The number of aliphatic hydroxyl groups excluding tert-OH is 1. The summed E-state index contributed by atoms with van der Waals surface area (Å²) in [5.74, 6) is 0.415. The first-order chi connectivity index (χ1) is 13.0. The number of benzene rings is 1. The third-order valence-electron chi connectivity index (χ3n) is 4.51. The smallest absolute Gasteiger partial charge is 0.273 e. The molecule has 1 aliphatic rings. The number of halogens is 1. The van der Waals surface area contributed by atoms with Gasteiger partial charge in [-0.2, -0.15) is 0 Å². The minimum Gasteiger partial charge on any atom is -0.422 e. The molecule has 1 atom stereocenters. The molecule has 1 fully saturated rings. The summed E-state index contributed by atoms with van der Waals surface area (Å²) < 4.78 is 23.6. The van der Waals surface area contributed by atoms with Crippen LogP contribution < -0.4 is 5.32 Å². The number of rotatable bonds is 5. The van der Waals surface area contributed by atoms with Crippen molar-refractivity contribution in [1.29, 1.82) is 0 Å². The Morgan fingerprint density at radius 2 is 2.04 bits per heavy atom. The van der Waals surface area contributed by atoms with E-state index in [2.05, 4.69) is 20.7 Å². The number of aliphatic hydroxyl groups is 1. The second-order valence-electron chi connectivity index (χ2n) is 6.58. The molecule has 4 rings (SSSR count). The van der Waals surface area contributed by atoms with Gasteiger partial charge in [-0.15, -0.1) is 10.2 Å². The Labute approximate surface area is 153 Å². The first-order valence-electron chi connectivity index (χ1n) is 8.54. The molecule has 1 aromatic carbocycles. The van der Waals surface area contributed by atoms with Crippen LogP contribution in [-0.4, -0.2) is 32.4 Å². The van der Waals surface area contributed by atoms with Gasteiger partial charge in [0, 0.05) is 23.6 Å². The highest BCUT2D eigenvalue weighted by atomic mass is 19.1. The minimum atomic E-state index is -0.802. The summed E-state index contributed by atoms with van der Waals surface area (Å²) in [6, 6.07) is 7.22. The summed E-state index contributed by atoms with van der Waals surface area (Å²) in [6.45, 7) is 1.55. The van der Waals surface area contributed by atoms with Crippen LogP contribution in [0.5, 0.6) is 0 Å². The highest BCUT2D eigenvalue weighted by Gasteiger charge is 2.36. The molecule has 27 heavy (non-hydrogen) atoms. The van der Waals surface area contributed by atoms with E-state index in [1.165, 1.54) is 18.2 Å². The maximum absolute atomic E-state index is 13.0. The maximum atomic E-state index is 13.0. The zero-order chi connectivity index (χ0) is 19.0. The van der Waals surface area contributed by atoms with Crippen LogP contribution in [0, 0.1) is 5.82 Å². The lowest BCUT2D eigenvalue weighted by molar-refractivity contribution is 0.0892. The molecule has 2 aromatic heterocycles. The molecule has 0 radical (unpaired) electrons. The van der Waals surface area contributed by atoms with E-state index in [1.54, 1.807) is 19.1 Å². The molecular weight excluding hydrogens is 355 g/mol. The molecule has 140 valence electrons. The lowest BCUT2D eigenvalue weighted by atomic mass is 9.80. The molecule has 1 aliphatic carbocycles. The zero-order valence-corrected chi connectivity index (χ0v) is 14.4. The summed E-state index contributed by atoms with van der Waals surface area (Å²) in [4.78, 5) is 12.3. The number of aromatic nitrogens is 3. The molecule has 9 heteroatoms. The van der Waals surface area contributed by atoms with Crippen LogP contribution in [0.1, 0.15) is 54.1 Å². The summed E-state index contributed by atoms with van der Waals surface area (Å²) in [5, 5.41) is 23.8. The van der Waals surface area contributed by atoms with Crippen molar-refractivity contribution in [2.24, 2.45) is 0 Å². The topological polar surface area (TPSA) is 114 Å². The SMILES string of the molecule is C[C@@H](O)c1nnc([C@H]2C[C@H](NC(=O)c3cc(-c4ccc(F)cc4)on3)C2)o1. The number of carbonyl (C=O) groups is 1. The Bertz CT molecular complexity index is 944. The molecule has 2 heterocycles. The zero-order valence-electron chi connectivity index (χ0n) is 14.4. The molecular formula is C18H17FN4O4. The van der Waals surface area contributed by atoms with Gasteiger partial charge in [-0.3, -0.25) is 4.79 Å². The number of nitrogens with zero attached hydrogens (tertiary/aromatic N) is 3. The average Bonchev–Trinajstić information content (AvgIpc) is 3.28. The Morgan fingerprint density at radius 1 is 1.30 bits per heavy atom. The normalized spacial score (nSPS) is 20.1. The van der Waals surface area contributed by atoms with E-state index < -0.39 is 6.10 Å². The van der Waals surface area contributed by atoms with Crippen LogP contribution in [0.25, 0.3) is 11.3 Å². The van der Waals surface area contributed by atoms with Gasteiger partial charge in [-0.25, -0.2) is 4.39 Å². The van der Waals surface area contributed by atoms with E-state index in [0.29, 0.717) is 30.1 Å². The molecule has 0 unspecified atom stereocenters. The van der Waals surface area contributed by atoms with Gasteiger partial charge >= 0.3 is 0 Å². The average molecular weight is 372 g/mol. The monoisotopic (exact) mass is 372 g/mol. The Hall–Kier alpha value is -3.07. The van der Waals surface area contributed by atoms with Crippen molar-refractivity contribution in [2.45, 2.75) is 37.8 Å². The standard InChI is InChI=1S/C18H17FN4O4/c1-9(24)17-21-22-18(26-17)11-6-13(7-11)20-16(25)14-8-15(27-23-14)10-2-4-12(19)5-3-10/h2-5,8-9,11,13,24H,6-7H2,1H3,(H,20,25)/t9-,11-,13-/m1/s1. The van der Waals surface area contributed by atoms with Crippen molar-refractivity contribution in [2.75, 3.05) is 0 Å². The molecule has 8 nitrogen and oxygen atoms in total. The summed E-state index contributed by atoms with van der Waals surface area (Å²) in [6.07, 6.45) is 0.524. The second-order valence-corrected chi connectivity index (χ2v) is 6.58. The van der Waals surface area contributed by atoms with Crippen LogP contribution in [-0.2, 0) is 0 Å². The fourth-order valence-electron chi connectivity index (χ4n) is 2.91. The fourth-order valence-corrected chi connectivity index (χ4v) is 2.91. The van der Waals surface area contributed by atoms with Crippen molar-refractivity contribution in [3.8, 4) is 11.3 Å². The molecule has 3 aromatic rings. The number of amides is 1. The van der Waals surface area contributed by atoms with E-state index in [0.717, 1.165) is 0 Å². The van der Waals surface area contributed by atoms with Crippen molar-refractivity contribution < 1.29 is 23.2 Å². The molecule has 0 bridgehead atoms. The van der Waals surface area contributed by atoms with Crippen molar-refractivity contribution in [1.82, 2.24) is 20.7 Å². The van der Waals surface area contributed by atoms with E-state index in [4.69, 9.17) is 8.94 Å². The predicted molar refractivity (Wildman–Crippen MR) is 90.1 cm³/mol. The van der Waals surface area contributed by atoms with Gasteiger partial charge in [0.15, 0.2) is 11.5 Å². The Balaban J connectivity index is 1.33. The van der Waals surface area contributed by atoms with E-state index in [-0.39, 0.29) is 35.3 Å². The molecule has 0 saturated heterocycles. The van der Waals surface area contributed by atoms with Crippen molar-refractivity contribution in [3.63, 3.8) is 0 Å². The van der Waals surface area contributed by atoms with Crippen LogP contribution in [0.3, 0.4) is 0 Å². The Morgan fingerprint density at radius 3 is 2.70 bits per heavy atom. The summed E-state index contributed by atoms with van der Waals surface area (Å²) in [7, 11) is 0. The molecule has 0 spiro atoms. The van der Waals surface area contributed by atoms with Gasteiger partial charge in [0.2, 0.25) is 11.8 Å². The molecule has 0 aliphatic heterocycles. The van der Waals surface area contributed by atoms with Crippen LogP contribution in [0.2, 0.25) is 0 Å². The fraction of sp³-hybridized carbons (Fsp3) is 0.333. The van der Waals surface area contributed by atoms with Gasteiger partial charge in [-0.1, -0.05) is 5.16 Å². The lowest BCUT2D eigenvalue weighted by Crippen LogP contribution is -2.43. The van der Waals surface area contributed by atoms with Crippen LogP contribution in [0.15, 0.2) is 39.3 Å². The second kappa shape index (κ2) is 6.92. The first kappa shape index (κ1) is 17.3. The van der Waals surface area contributed by atoms with Crippen molar-refractivity contribution in [3.05, 3.63) is 53.6 Å². The third-order valence-corrected chi connectivity index (χ3v) is 4.51. The third kappa shape index (κ3) is 3.59. The van der Waals surface area contributed by atoms with E-state index in [1.807, 2.05) is 0 Å². The van der Waals surface area contributed by atoms with E-state index in [9.17, 15) is 14.3 Å². The van der Waals surface area contributed by atoms with Gasteiger partial charge in [0.1, 0.15) is 11.9 Å². The highest BCUT2D eigenvalue weighted by Crippen LogP contribution is 2.36. The highest BCUT2D eigenvalue weighted by molar-refractivity contribution is 5.93. The predicted octanol–water partition coefficient (Wildman–Crippen LogP) is 2.59. The number of carbonyl (C=O) groups excluding carboxylic acids is 1. The number of hydrogen-bond donors (Lipinski definition) is 2. The Kier molecular flexibility index (Phi) is 4.44. The summed E-state index contributed by atoms with van der Waals surface area (Å²) >= 11 is 0. The summed E-state index contributed by atoms with van der Waals surface area (Å²) in [5.41, 5.74) is 0.795. The van der Waals surface area contributed by atoms with E-state index >= 15 is 0 Å². The lowest BCUT2D eigenvalue weighted by Gasteiger charge is -2.33. The van der Waals surface area contributed by atoms with Crippen LogP contribution >= 0.6 is 0 Å². The van der Waals surface area contributed by atoms with Gasteiger partial charge < -0.3 is 19.4 Å². The maximum Gasteiger partial charge on any atom is 0.273 e. The minimum absolute atomic E-state index is 0.0321. The largest absolute Gasteiger partial charge is 0.422 e.